The Morgan fingerprint density at radius 3 is 2.58 bits per heavy atom. The maximum absolute atomic E-state index is 11.9. The van der Waals surface area contributed by atoms with Gasteiger partial charge in [0.05, 0.1) is 5.60 Å². The molecule has 1 amide bonds. The first-order valence-electron chi connectivity index (χ1n) is 6.50. The smallest absolute Gasteiger partial charge is 0.251 e. The lowest BCUT2D eigenvalue weighted by Crippen LogP contribution is -2.38. The minimum atomic E-state index is -0.893. The molecule has 19 heavy (non-hydrogen) atoms. The largest absolute Gasteiger partial charge is 0.389 e. The zero-order chi connectivity index (χ0) is 13.9. The van der Waals surface area contributed by atoms with Gasteiger partial charge in [-0.25, -0.2) is 0 Å². The average molecular weight is 260 g/mol. The second-order valence-electron chi connectivity index (χ2n) is 5.41. The summed E-state index contributed by atoms with van der Waals surface area (Å²) in [6.45, 7) is 4.55. The van der Waals surface area contributed by atoms with Crippen LogP contribution in [0.15, 0.2) is 36.5 Å². The quantitative estimate of drug-likeness (QED) is 0.869. The molecule has 0 fully saturated rings. The molecule has 0 aliphatic carbocycles. The van der Waals surface area contributed by atoms with Gasteiger partial charge in [0.2, 0.25) is 0 Å². The summed E-state index contributed by atoms with van der Waals surface area (Å²) in [6, 6.07) is 7.49. The molecule has 0 aromatic heterocycles. The molecule has 2 N–H and O–H groups in total. The minimum absolute atomic E-state index is 0.161. The lowest BCUT2D eigenvalue weighted by Gasteiger charge is -2.18. The van der Waals surface area contributed by atoms with E-state index < -0.39 is 5.60 Å². The Balaban J connectivity index is 1.97. The highest BCUT2D eigenvalue weighted by Crippen LogP contribution is 2.19. The minimum Gasteiger partial charge on any atom is -0.389 e. The van der Waals surface area contributed by atoms with E-state index in [1.165, 1.54) is 0 Å². The van der Waals surface area contributed by atoms with Crippen molar-refractivity contribution in [1.82, 2.24) is 5.32 Å². The number of rotatable bonds is 4. The third kappa shape index (κ3) is 3.83. The molecule has 1 aliphatic heterocycles. The second kappa shape index (κ2) is 5.45. The van der Waals surface area contributed by atoms with Crippen molar-refractivity contribution >= 4 is 11.6 Å². The van der Waals surface area contributed by atoms with Gasteiger partial charge in [-0.15, -0.1) is 0 Å². The van der Waals surface area contributed by atoms with Crippen molar-refractivity contribution in [3.63, 3.8) is 0 Å². The molecule has 1 heterocycles. The highest BCUT2D eigenvalue weighted by molar-refractivity contribution is 5.94. The predicted octanol–water partition coefficient (Wildman–Crippen LogP) is 1.91. The van der Waals surface area contributed by atoms with Crippen LogP contribution in [0.1, 0.15) is 30.6 Å². The van der Waals surface area contributed by atoms with Crippen molar-refractivity contribution in [2.75, 3.05) is 18.0 Å². The normalized spacial score (nSPS) is 14.8. The molecule has 0 saturated heterocycles. The number of hydrogen-bond donors (Lipinski definition) is 2. The van der Waals surface area contributed by atoms with E-state index in [-0.39, 0.29) is 12.5 Å². The van der Waals surface area contributed by atoms with Crippen molar-refractivity contribution < 1.29 is 9.90 Å². The Kier molecular flexibility index (Phi) is 3.90. The first-order chi connectivity index (χ1) is 8.96. The lowest BCUT2D eigenvalue weighted by molar-refractivity contribution is 0.0694. The van der Waals surface area contributed by atoms with Gasteiger partial charge >= 0.3 is 0 Å². The van der Waals surface area contributed by atoms with Crippen LogP contribution in [0.2, 0.25) is 0 Å². The molecule has 0 spiro atoms. The van der Waals surface area contributed by atoms with E-state index in [0.717, 1.165) is 18.7 Å². The van der Waals surface area contributed by atoms with E-state index in [2.05, 4.69) is 22.5 Å². The molecular formula is C15H20N2O2. The van der Waals surface area contributed by atoms with Crippen LogP contribution in [-0.2, 0) is 0 Å². The fraction of sp³-hybridized carbons (Fsp3) is 0.400. The van der Waals surface area contributed by atoms with Crippen LogP contribution in [0, 0.1) is 0 Å². The summed E-state index contributed by atoms with van der Waals surface area (Å²) in [5.74, 6) is -0.161. The first kappa shape index (κ1) is 13.6. The van der Waals surface area contributed by atoms with Crippen molar-refractivity contribution in [3.05, 3.63) is 42.1 Å². The number of amides is 1. The van der Waals surface area contributed by atoms with Crippen molar-refractivity contribution in [2.45, 2.75) is 25.9 Å². The molecule has 0 saturated carbocycles. The Hall–Kier alpha value is -1.81. The predicted molar refractivity (Wildman–Crippen MR) is 76.2 cm³/mol. The van der Waals surface area contributed by atoms with Crippen LogP contribution in [0.25, 0.3) is 0 Å². The number of nitrogens with one attached hydrogen (secondary N) is 1. The molecule has 102 valence electrons. The molecule has 0 bridgehead atoms. The maximum Gasteiger partial charge on any atom is 0.251 e. The van der Waals surface area contributed by atoms with Gasteiger partial charge in [0.1, 0.15) is 0 Å². The van der Waals surface area contributed by atoms with E-state index in [1.54, 1.807) is 26.0 Å². The maximum atomic E-state index is 11.9. The summed E-state index contributed by atoms with van der Waals surface area (Å²) < 4.78 is 0. The van der Waals surface area contributed by atoms with Gasteiger partial charge < -0.3 is 15.3 Å². The van der Waals surface area contributed by atoms with Crippen molar-refractivity contribution in [2.24, 2.45) is 0 Å². The van der Waals surface area contributed by atoms with E-state index in [4.69, 9.17) is 0 Å². The molecule has 0 atom stereocenters. The van der Waals surface area contributed by atoms with Crippen LogP contribution in [0.3, 0.4) is 0 Å². The molecule has 0 unspecified atom stereocenters. The van der Waals surface area contributed by atoms with E-state index in [9.17, 15) is 9.90 Å². The highest BCUT2D eigenvalue weighted by atomic mass is 16.3. The molecule has 4 heteroatoms. The SMILES string of the molecule is CC(C)(O)CNC(=O)c1ccc(N2C=CCC2)cc1. The summed E-state index contributed by atoms with van der Waals surface area (Å²) in [4.78, 5) is 14.0. The van der Waals surface area contributed by atoms with Crippen LogP contribution in [0.4, 0.5) is 5.69 Å². The average Bonchev–Trinajstić information content (AvgIpc) is 2.89. The number of anilines is 1. The number of nitrogens with zero attached hydrogens (tertiary/aromatic N) is 1. The Labute approximate surface area is 113 Å². The zero-order valence-electron chi connectivity index (χ0n) is 11.4. The first-order valence-corrected chi connectivity index (χ1v) is 6.50. The molecule has 1 aromatic rings. The van der Waals surface area contributed by atoms with Gasteiger partial charge in [0.25, 0.3) is 5.91 Å². The monoisotopic (exact) mass is 260 g/mol. The Morgan fingerprint density at radius 1 is 1.37 bits per heavy atom. The highest BCUT2D eigenvalue weighted by Gasteiger charge is 2.15. The number of benzene rings is 1. The summed E-state index contributed by atoms with van der Waals surface area (Å²) in [6.07, 6.45) is 5.25. The van der Waals surface area contributed by atoms with Crippen LogP contribution in [-0.4, -0.2) is 29.7 Å². The fourth-order valence-electron chi connectivity index (χ4n) is 1.91. The molecule has 2 rings (SSSR count). The fourth-order valence-corrected chi connectivity index (χ4v) is 1.91. The summed E-state index contributed by atoms with van der Waals surface area (Å²) >= 11 is 0. The van der Waals surface area contributed by atoms with Crippen LogP contribution >= 0.6 is 0 Å². The Bertz CT molecular complexity index is 472. The van der Waals surface area contributed by atoms with Gasteiger partial charge in [-0.1, -0.05) is 6.08 Å². The Morgan fingerprint density at radius 2 is 2.05 bits per heavy atom. The summed E-state index contributed by atoms with van der Waals surface area (Å²) in [5.41, 5.74) is 0.805. The van der Waals surface area contributed by atoms with Gasteiger partial charge in [-0.3, -0.25) is 4.79 Å². The van der Waals surface area contributed by atoms with E-state index >= 15 is 0 Å². The van der Waals surface area contributed by atoms with Crippen LogP contribution < -0.4 is 10.2 Å². The number of carbonyl (C=O) groups excluding carboxylic acids is 1. The molecule has 4 nitrogen and oxygen atoms in total. The molecule has 1 aliphatic rings. The summed E-state index contributed by atoms with van der Waals surface area (Å²) in [5, 5.41) is 12.3. The van der Waals surface area contributed by atoms with E-state index in [0.29, 0.717) is 5.56 Å². The number of hydrogen-bond acceptors (Lipinski definition) is 3. The third-order valence-electron chi connectivity index (χ3n) is 2.96. The van der Waals surface area contributed by atoms with Crippen molar-refractivity contribution in [1.29, 1.82) is 0 Å². The van der Waals surface area contributed by atoms with Crippen LogP contribution in [0.5, 0.6) is 0 Å². The topological polar surface area (TPSA) is 52.6 Å². The second-order valence-corrected chi connectivity index (χ2v) is 5.41. The third-order valence-corrected chi connectivity index (χ3v) is 2.96. The van der Waals surface area contributed by atoms with E-state index in [1.807, 2.05) is 12.1 Å². The molecular weight excluding hydrogens is 240 g/mol. The number of aliphatic hydroxyl groups is 1. The number of carbonyl (C=O) groups is 1. The summed E-state index contributed by atoms with van der Waals surface area (Å²) in [7, 11) is 0. The lowest BCUT2D eigenvalue weighted by atomic mass is 10.1. The zero-order valence-corrected chi connectivity index (χ0v) is 11.4. The van der Waals surface area contributed by atoms with Gasteiger partial charge in [0.15, 0.2) is 0 Å². The van der Waals surface area contributed by atoms with Gasteiger partial charge in [-0.2, -0.15) is 0 Å². The molecule has 0 radical (unpaired) electrons. The molecule has 1 aromatic carbocycles. The van der Waals surface area contributed by atoms with Gasteiger partial charge in [0, 0.05) is 30.5 Å². The van der Waals surface area contributed by atoms with Gasteiger partial charge in [-0.05, 0) is 44.5 Å². The van der Waals surface area contributed by atoms with Crippen molar-refractivity contribution in [3.8, 4) is 0 Å². The standard InChI is InChI=1S/C15H20N2O2/c1-15(2,19)11-16-14(18)12-5-7-13(8-6-12)17-9-3-4-10-17/h3,5-9,19H,4,10-11H2,1-2H3,(H,16,18).